The summed E-state index contributed by atoms with van der Waals surface area (Å²) in [5.41, 5.74) is -2.17. The highest BCUT2D eigenvalue weighted by Crippen LogP contribution is 2.19. The van der Waals surface area contributed by atoms with Gasteiger partial charge in [0.05, 0.1) is 12.8 Å². The minimum atomic E-state index is -2.17. The number of hydrogen-bond donors (Lipinski definition) is 0. The van der Waals surface area contributed by atoms with Gasteiger partial charge in [-0.15, -0.1) is 0 Å². The summed E-state index contributed by atoms with van der Waals surface area (Å²) < 4.78 is 18.9. The Balaban J connectivity index is 4.52. The quantitative estimate of drug-likeness (QED) is 0.367. The average Bonchev–Trinajstić information content (AvgIpc) is 2.27. The number of esters is 1. The van der Waals surface area contributed by atoms with Gasteiger partial charge in [-0.3, -0.25) is 0 Å². The van der Waals surface area contributed by atoms with Crippen LogP contribution in [0.15, 0.2) is 5.16 Å². The van der Waals surface area contributed by atoms with Gasteiger partial charge in [0.1, 0.15) is 6.61 Å². The Labute approximate surface area is 95.8 Å². The third-order valence-corrected chi connectivity index (χ3v) is 1.97. The van der Waals surface area contributed by atoms with E-state index in [2.05, 4.69) is 14.7 Å². The van der Waals surface area contributed by atoms with Crippen LogP contribution in [0.25, 0.3) is 0 Å². The fourth-order valence-electron chi connectivity index (χ4n) is 1.10. The number of nitrogens with zero attached hydrogens (tertiary/aromatic N) is 1. The molecule has 5 heteroatoms. The Morgan fingerprint density at radius 1 is 1.38 bits per heavy atom. The van der Waals surface area contributed by atoms with Gasteiger partial charge in [-0.25, -0.2) is 9.18 Å². The number of unbranched alkanes of at least 4 members (excludes halogenated alkanes) is 1. The SMILES string of the molecule is CCCCC(F)(/C=N/OCC)C(=O)OCC. The molecule has 0 aliphatic carbocycles. The standard InChI is InChI=1S/C11H20FNO3/c1-4-7-8-11(12,9-13-16-6-3)10(14)15-5-2/h9H,4-8H2,1-3H3/b13-9+. The van der Waals surface area contributed by atoms with Gasteiger partial charge < -0.3 is 9.57 Å². The first-order valence-electron chi connectivity index (χ1n) is 5.63. The van der Waals surface area contributed by atoms with E-state index in [1.807, 2.05) is 6.92 Å². The lowest BCUT2D eigenvalue weighted by Gasteiger charge is -2.17. The summed E-state index contributed by atoms with van der Waals surface area (Å²) >= 11 is 0. The highest BCUT2D eigenvalue weighted by atomic mass is 19.1. The van der Waals surface area contributed by atoms with Crippen molar-refractivity contribution in [1.29, 1.82) is 0 Å². The van der Waals surface area contributed by atoms with Gasteiger partial charge in [0.2, 0.25) is 5.67 Å². The molecule has 0 aromatic rings. The molecular weight excluding hydrogens is 213 g/mol. The summed E-state index contributed by atoms with van der Waals surface area (Å²) in [6.07, 6.45) is 2.35. The van der Waals surface area contributed by atoms with Gasteiger partial charge in [-0.2, -0.15) is 0 Å². The number of rotatable bonds is 8. The monoisotopic (exact) mass is 233 g/mol. The number of carbonyl (C=O) groups is 1. The lowest BCUT2D eigenvalue weighted by Crippen LogP contribution is -2.37. The molecule has 0 aromatic heterocycles. The molecule has 0 saturated heterocycles. The van der Waals surface area contributed by atoms with Gasteiger partial charge in [0, 0.05) is 0 Å². The minimum absolute atomic E-state index is 0.0684. The number of carbonyl (C=O) groups excluding carboxylic acids is 1. The first-order chi connectivity index (χ1) is 7.60. The second-order valence-corrected chi connectivity index (χ2v) is 3.34. The maximum Gasteiger partial charge on any atom is 0.349 e. The van der Waals surface area contributed by atoms with Crippen LogP contribution in [0, 0.1) is 0 Å². The smallest absolute Gasteiger partial charge is 0.349 e. The van der Waals surface area contributed by atoms with E-state index in [-0.39, 0.29) is 13.0 Å². The minimum Gasteiger partial charge on any atom is -0.463 e. The molecule has 0 radical (unpaired) electrons. The van der Waals surface area contributed by atoms with E-state index in [0.29, 0.717) is 13.0 Å². The van der Waals surface area contributed by atoms with Crippen LogP contribution in [0.1, 0.15) is 40.0 Å². The van der Waals surface area contributed by atoms with Crippen LogP contribution in [0.3, 0.4) is 0 Å². The molecular formula is C11H20FNO3. The zero-order valence-corrected chi connectivity index (χ0v) is 10.2. The molecule has 0 aliphatic heterocycles. The zero-order valence-electron chi connectivity index (χ0n) is 10.2. The van der Waals surface area contributed by atoms with E-state index in [4.69, 9.17) is 0 Å². The molecule has 0 amide bonds. The van der Waals surface area contributed by atoms with E-state index in [1.165, 1.54) is 0 Å². The van der Waals surface area contributed by atoms with Crippen molar-refractivity contribution < 1.29 is 18.8 Å². The summed E-state index contributed by atoms with van der Waals surface area (Å²) in [4.78, 5) is 16.1. The number of hydrogen-bond acceptors (Lipinski definition) is 4. The summed E-state index contributed by atoms with van der Waals surface area (Å²) in [5, 5.41) is 3.42. The van der Waals surface area contributed by atoms with E-state index in [9.17, 15) is 9.18 Å². The summed E-state index contributed by atoms with van der Waals surface area (Å²) in [6, 6.07) is 0. The molecule has 0 heterocycles. The average molecular weight is 233 g/mol. The van der Waals surface area contributed by atoms with E-state index < -0.39 is 11.6 Å². The Morgan fingerprint density at radius 2 is 2.06 bits per heavy atom. The van der Waals surface area contributed by atoms with Crippen LogP contribution < -0.4 is 0 Å². The van der Waals surface area contributed by atoms with Crippen molar-refractivity contribution in [2.75, 3.05) is 13.2 Å². The Hall–Kier alpha value is -1.13. The van der Waals surface area contributed by atoms with Crippen molar-refractivity contribution in [3.05, 3.63) is 0 Å². The van der Waals surface area contributed by atoms with E-state index in [0.717, 1.165) is 12.6 Å². The third-order valence-electron chi connectivity index (χ3n) is 1.97. The maximum absolute atomic E-state index is 14.2. The van der Waals surface area contributed by atoms with Crippen molar-refractivity contribution in [3.8, 4) is 0 Å². The summed E-state index contributed by atoms with van der Waals surface area (Å²) in [7, 11) is 0. The molecule has 4 nitrogen and oxygen atoms in total. The van der Waals surface area contributed by atoms with E-state index in [1.54, 1.807) is 13.8 Å². The Morgan fingerprint density at radius 3 is 2.56 bits per heavy atom. The predicted molar refractivity (Wildman–Crippen MR) is 60.1 cm³/mol. The van der Waals surface area contributed by atoms with Gasteiger partial charge in [0.25, 0.3) is 0 Å². The van der Waals surface area contributed by atoms with Crippen molar-refractivity contribution in [2.24, 2.45) is 5.16 Å². The molecule has 0 aromatic carbocycles. The molecule has 1 unspecified atom stereocenters. The fraction of sp³-hybridized carbons (Fsp3) is 0.818. The largest absolute Gasteiger partial charge is 0.463 e. The second kappa shape index (κ2) is 8.07. The van der Waals surface area contributed by atoms with Crippen LogP contribution in [0.2, 0.25) is 0 Å². The van der Waals surface area contributed by atoms with Gasteiger partial charge >= 0.3 is 5.97 Å². The highest BCUT2D eigenvalue weighted by molar-refractivity contribution is 5.98. The first-order valence-corrected chi connectivity index (χ1v) is 5.63. The molecule has 0 spiro atoms. The molecule has 1 atom stereocenters. The van der Waals surface area contributed by atoms with Crippen molar-refractivity contribution in [2.45, 2.75) is 45.7 Å². The Bertz CT molecular complexity index is 233. The predicted octanol–water partition coefficient (Wildman–Crippen LogP) is 2.47. The number of oxime groups is 1. The lowest BCUT2D eigenvalue weighted by molar-refractivity contribution is -0.152. The van der Waals surface area contributed by atoms with Gasteiger partial charge in [-0.1, -0.05) is 18.5 Å². The molecule has 0 saturated carbocycles. The molecule has 0 N–H and O–H groups in total. The van der Waals surface area contributed by atoms with Crippen molar-refractivity contribution in [1.82, 2.24) is 0 Å². The van der Waals surface area contributed by atoms with Crippen LogP contribution in [0.4, 0.5) is 4.39 Å². The van der Waals surface area contributed by atoms with Crippen LogP contribution >= 0.6 is 0 Å². The third kappa shape index (κ3) is 5.09. The normalized spacial score (nSPS) is 14.8. The molecule has 0 rings (SSSR count). The van der Waals surface area contributed by atoms with Crippen molar-refractivity contribution in [3.63, 3.8) is 0 Å². The van der Waals surface area contributed by atoms with Crippen LogP contribution in [-0.4, -0.2) is 31.1 Å². The summed E-state index contributed by atoms with van der Waals surface area (Å²) in [6.45, 7) is 5.78. The molecule has 0 fully saturated rings. The maximum atomic E-state index is 14.2. The highest BCUT2D eigenvalue weighted by Gasteiger charge is 2.38. The Kier molecular flexibility index (Phi) is 7.50. The molecule has 0 bridgehead atoms. The molecule has 94 valence electrons. The summed E-state index contributed by atoms with van der Waals surface area (Å²) in [5.74, 6) is -0.896. The van der Waals surface area contributed by atoms with Gasteiger partial charge in [0.15, 0.2) is 0 Å². The van der Waals surface area contributed by atoms with Gasteiger partial charge in [-0.05, 0) is 26.7 Å². The van der Waals surface area contributed by atoms with Crippen molar-refractivity contribution >= 4 is 12.2 Å². The lowest BCUT2D eigenvalue weighted by atomic mass is 10.0. The first kappa shape index (κ1) is 14.9. The van der Waals surface area contributed by atoms with E-state index >= 15 is 0 Å². The van der Waals surface area contributed by atoms with Crippen LogP contribution in [0.5, 0.6) is 0 Å². The number of alkyl halides is 1. The molecule has 16 heavy (non-hydrogen) atoms. The van der Waals surface area contributed by atoms with Crippen LogP contribution in [-0.2, 0) is 14.4 Å². The topological polar surface area (TPSA) is 47.9 Å². The molecule has 0 aliphatic rings. The zero-order chi connectivity index (χ0) is 12.4. The fourth-order valence-corrected chi connectivity index (χ4v) is 1.10. The number of halogens is 1. The second-order valence-electron chi connectivity index (χ2n) is 3.34. The number of ether oxygens (including phenoxy) is 1.